The van der Waals surface area contributed by atoms with Gasteiger partial charge in [0.25, 0.3) is 0 Å². The first-order chi connectivity index (χ1) is 8.58. The summed E-state index contributed by atoms with van der Waals surface area (Å²) in [4.78, 5) is 24.1. The monoisotopic (exact) mass is 366 g/mol. The van der Waals surface area contributed by atoms with Crippen LogP contribution in [0.15, 0.2) is 0 Å². The molecule has 102 valence electrons. The third kappa shape index (κ3) is 4.48. The second-order valence-electron chi connectivity index (χ2n) is 3.70. The Morgan fingerprint density at radius 3 is 2.06 bits per heavy atom. The summed E-state index contributed by atoms with van der Waals surface area (Å²) >= 11 is 2.19. The highest BCUT2D eigenvalue weighted by atomic mass is 127. The van der Waals surface area contributed by atoms with E-state index in [1.54, 1.807) is 13.8 Å². The van der Waals surface area contributed by atoms with Crippen LogP contribution >= 0.6 is 22.6 Å². The van der Waals surface area contributed by atoms with Gasteiger partial charge in [0.1, 0.15) is 0 Å². The molecule has 18 heavy (non-hydrogen) atoms. The lowest BCUT2D eigenvalue weighted by atomic mass is 9.80. The van der Waals surface area contributed by atoms with Crippen LogP contribution in [-0.4, -0.2) is 29.6 Å². The molecule has 0 bridgehead atoms. The Bertz CT molecular complexity index is 301. The van der Waals surface area contributed by atoms with Gasteiger partial charge in [0.15, 0.2) is 5.41 Å². The summed E-state index contributed by atoms with van der Waals surface area (Å²) in [6, 6.07) is 0. The molecule has 0 fully saturated rings. The summed E-state index contributed by atoms with van der Waals surface area (Å²) in [5, 5.41) is 0. The molecular formula is C13H19IO4. The number of esters is 2. The van der Waals surface area contributed by atoms with Crippen molar-refractivity contribution in [2.24, 2.45) is 5.41 Å². The molecule has 0 aliphatic carbocycles. The summed E-state index contributed by atoms with van der Waals surface area (Å²) in [6.07, 6.45) is 6.37. The second kappa shape index (κ2) is 9.20. The van der Waals surface area contributed by atoms with Gasteiger partial charge in [-0.05, 0) is 31.1 Å². The molecule has 0 saturated carbocycles. The van der Waals surface area contributed by atoms with Gasteiger partial charge < -0.3 is 9.47 Å². The van der Waals surface area contributed by atoms with Gasteiger partial charge in [-0.3, -0.25) is 9.59 Å². The van der Waals surface area contributed by atoms with Crippen molar-refractivity contribution >= 4 is 34.5 Å². The minimum Gasteiger partial charge on any atom is -0.465 e. The van der Waals surface area contributed by atoms with Gasteiger partial charge in [0, 0.05) is 6.42 Å². The van der Waals surface area contributed by atoms with E-state index in [0.29, 0.717) is 12.8 Å². The van der Waals surface area contributed by atoms with Crippen molar-refractivity contribution in [3.8, 4) is 12.3 Å². The maximum Gasteiger partial charge on any atom is 0.324 e. The van der Waals surface area contributed by atoms with Crippen LogP contribution in [0.2, 0.25) is 0 Å². The average molecular weight is 366 g/mol. The third-order valence-corrected chi connectivity index (χ3v) is 3.24. The molecule has 5 heteroatoms. The Kier molecular flexibility index (Phi) is 8.81. The molecule has 0 aliphatic heterocycles. The van der Waals surface area contributed by atoms with E-state index in [-0.39, 0.29) is 19.6 Å². The first-order valence-electron chi connectivity index (χ1n) is 5.92. The summed E-state index contributed by atoms with van der Waals surface area (Å²) in [6.45, 7) is 3.83. The van der Waals surface area contributed by atoms with Crippen molar-refractivity contribution in [1.29, 1.82) is 0 Å². The van der Waals surface area contributed by atoms with Crippen LogP contribution in [0.3, 0.4) is 0 Å². The summed E-state index contributed by atoms with van der Waals surface area (Å²) in [7, 11) is 0. The van der Waals surface area contributed by atoms with Gasteiger partial charge in [-0.25, -0.2) is 0 Å². The topological polar surface area (TPSA) is 52.6 Å². The largest absolute Gasteiger partial charge is 0.465 e. The molecule has 0 N–H and O–H groups in total. The second-order valence-corrected chi connectivity index (χ2v) is 4.78. The predicted octanol–water partition coefficient (Wildman–Crippen LogP) is 2.34. The number of ether oxygens (including phenoxy) is 2. The predicted molar refractivity (Wildman–Crippen MR) is 77.3 cm³/mol. The molecule has 0 rings (SSSR count). The molecule has 0 amide bonds. The van der Waals surface area contributed by atoms with Crippen LogP contribution in [0.1, 0.15) is 33.1 Å². The summed E-state index contributed by atoms with van der Waals surface area (Å²) in [5.74, 6) is 1.24. The van der Waals surface area contributed by atoms with E-state index >= 15 is 0 Å². The average Bonchev–Trinajstić information content (AvgIpc) is 2.35. The molecular weight excluding hydrogens is 347 g/mol. The highest BCUT2D eigenvalue weighted by molar-refractivity contribution is 14.1. The number of hydrogen-bond acceptors (Lipinski definition) is 4. The zero-order valence-electron chi connectivity index (χ0n) is 10.8. The fourth-order valence-electron chi connectivity index (χ4n) is 1.60. The molecule has 0 aromatic carbocycles. The number of alkyl halides is 1. The summed E-state index contributed by atoms with van der Waals surface area (Å²) < 4.78 is 10.8. The lowest BCUT2D eigenvalue weighted by molar-refractivity contribution is -0.172. The molecule has 4 nitrogen and oxygen atoms in total. The van der Waals surface area contributed by atoms with Gasteiger partial charge >= 0.3 is 11.9 Å². The fourth-order valence-corrected chi connectivity index (χ4v) is 1.98. The third-order valence-electron chi connectivity index (χ3n) is 2.47. The number of halogens is 1. The smallest absolute Gasteiger partial charge is 0.324 e. The van der Waals surface area contributed by atoms with E-state index in [2.05, 4.69) is 28.5 Å². The fraction of sp³-hybridized carbons (Fsp3) is 0.692. The van der Waals surface area contributed by atoms with E-state index in [1.807, 2.05) is 0 Å². The quantitative estimate of drug-likeness (QED) is 0.218. The van der Waals surface area contributed by atoms with Gasteiger partial charge in [-0.2, -0.15) is 0 Å². The van der Waals surface area contributed by atoms with Crippen molar-refractivity contribution in [3.05, 3.63) is 0 Å². The number of hydrogen-bond donors (Lipinski definition) is 0. The van der Waals surface area contributed by atoms with Crippen LogP contribution in [0, 0.1) is 17.8 Å². The first kappa shape index (κ1) is 17.2. The number of terminal acetylenes is 1. The Labute approximate surface area is 122 Å². The molecule has 0 spiro atoms. The van der Waals surface area contributed by atoms with Gasteiger partial charge in [-0.15, -0.1) is 12.3 Å². The van der Waals surface area contributed by atoms with Crippen LogP contribution in [0.25, 0.3) is 0 Å². The molecule has 0 radical (unpaired) electrons. The highest BCUT2D eigenvalue weighted by Gasteiger charge is 2.47. The van der Waals surface area contributed by atoms with Crippen molar-refractivity contribution in [1.82, 2.24) is 0 Å². The van der Waals surface area contributed by atoms with Crippen LogP contribution in [-0.2, 0) is 19.1 Å². The van der Waals surface area contributed by atoms with Gasteiger partial charge in [0.2, 0.25) is 0 Å². The van der Waals surface area contributed by atoms with Crippen molar-refractivity contribution in [3.63, 3.8) is 0 Å². The Morgan fingerprint density at radius 1 is 1.22 bits per heavy atom. The molecule has 0 saturated heterocycles. The summed E-state index contributed by atoms with van der Waals surface area (Å²) in [5.41, 5.74) is -1.34. The Morgan fingerprint density at radius 2 is 1.72 bits per heavy atom. The molecule has 0 aromatic rings. The SMILES string of the molecule is C#CCC(CCCI)(C(=O)OCC)C(=O)OCC. The zero-order chi connectivity index (χ0) is 14.0. The molecule has 0 aliphatic rings. The zero-order valence-corrected chi connectivity index (χ0v) is 13.0. The Hall–Kier alpha value is -0.770. The van der Waals surface area contributed by atoms with E-state index in [1.165, 1.54) is 0 Å². The standard InChI is InChI=1S/C13H19IO4/c1-4-8-13(9-7-10-14,11(15)17-5-2)12(16)18-6-3/h1H,5-10H2,2-3H3. The van der Waals surface area contributed by atoms with Gasteiger partial charge in [0.05, 0.1) is 13.2 Å². The molecule has 0 atom stereocenters. The van der Waals surface area contributed by atoms with Crippen LogP contribution < -0.4 is 0 Å². The molecule has 0 heterocycles. The van der Waals surface area contributed by atoms with Crippen molar-refractivity contribution in [2.45, 2.75) is 33.1 Å². The van der Waals surface area contributed by atoms with E-state index in [0.717, 1.165) is 4.43 Å². The van der Waals surface area contributed by atoms with Crippen LogP contribution in [0.4, 0.5) is 0 Å². The van der Waals surface area contributed by atoms with Gasteiger partial charge in [-0.1, -0.05) is 22.6 Å². The highest BCUT2D eigenvalue weighted by Crippen LogP contribution is 2.32. The van der Waals surface area contributed by atoms with E-state index in [9.17, 15) is 9.59 Å². The molecule has 0 aromatic heterocycles. The number of carbonyl (C=O) groups is 2. The van der Waals surface area contributed by atoms with Crippen molar-refractivity contribution < 1.29 is 19.1 Å². The Balaban J connectivity index is 5.20. The van der Waals surface area contributed by atoms with E-state index < -0.39 is 17.4 Å². The lowest BCUT2D eigenvalue weighted by Gasteiger charge is -2.27. The normalized spacial score (nSPS) is 10.6. The lowest BCUT2D eigenvalue weighted by Crippen LogP contribution is -2.42. The molecule has 0 unspecified atom stereocenters. The number of carbonyl (C=O) groups excluding carboxylic acids is 2. The van der Waals surface area contributed by atoms with Crippen molar-refractivity contribution in [2.75, 3.05) is 17.6 Å². The minimum atomic E-state index is -1.34. The maximum absolute atomic E-state index is 12.1. The van der Waals surface area contributed by atoms with Crippen LogP contribution in [0.5, 0.6) is 0 Å². The van der Waals surface area contributed by atoms with E-state index in [4.69, 9.17) is 15.9 Å². The first-order valence-corrected chi connectivity index (χ1v) is 7.45. The number of rotatable bonds is 8. The maximum atomic E-state index is 12.1. The minimum absolute atomic E-state index is 0.0152.